The first-order chi connectivity index (χ1) is 9.16. The molecule has 3 unspecified atom stereocenters. The maximum Gasteiger partial charge on any atom is 0.0842 e. The van der Waals surface area contributed by atoms with Gasteiger partial charge < -0.3 is 10.8 Å². The molecule has 0 radical (unpaired) electrons. The summed E-state index contributed by atoms with van der Waals surface area (Å²) in [7, 11) is 0. The minimum atomic E-state index is -0.484. The van der Waals surface area contributed by atoms with Gasteiger partial charge in [0, 0.05) is 17.0 Å². The van der Waals surface area contributed by atoms with Crippen LogP contribution >= 0.6 is 11.6 Å². The van der Waals surface area contributed by atoms with E-state index in [1.807, 2.05) is 42.5 Å². The predicted octanol–water partition coefficient (Wildman–Crippen LogP) is 3.25. The summed E-state index contributed by atoms with van der Waals surface area (Å²) in [5, 5.41) is 11.1. The van der Waals surface area contributed by atoms with E-state index in [0.717, 1.165) is 17.5 Å². The average Bonchev–Trinajstić information content (AvgIpc) is 2.77. The number of nitrogens with two attached hydrogens (primary N) is 1. The van der Waals surface area contributed by atoms with Crippen molar-refractivity contribution in [2.75, 3.05) is 0 Å². The minimum absolute atomic E-state index is 0.0265. The van der Waals surface area contributed by atoms with Gasteiger partial charge in [-0.2, -0.15) is 0 Å². The zero-order valence-electron chi connectivity index (χ0n) is 10.5. The van der Waals surface area contributed by atoms with Gasteiger partial charge in [0.2, 0.25) is 0 Å². The molecule has 0 saturated carbocycles. The Kier molecular flexibility index (Phi) is 3.31. The first-order valence-corrected chi connectivity index (χ1v) is 6.81. The van der Waals surface area contributed by atoms with E-state index < -0.39 is 6.10 Å². The number of benzene rings is 2. The molecular weight excluding hydrogens is 258 g/mol. The minimum Gasteiger partial charge on any atom is -0.388 e. The van der Waals surface area contributed by atoms with Gasteiger partial charge in [0.15, 0.2) is 0 Å². The van der Waals surface area contributed by atoms with E-state index in [2.05, 4.69) is 6.07 Å². The lowest BCUT2D eigenvalue weighted by Gasteiger charge is -2.23. The maximum absolute atomic E-state index is 10.4. The van der Waals surface area contributed by atoms with Gasteiger partial charge in [-0.3, -0.25) is 0 Å². The van der Waals surface area contributed by atoms with Crippen LogP contribution in [0.3, 0.4) is 0 Å². The lowest BCUT2D eigenvalue weighted by molar-refractivity contribution is 0.108. The summed E-state index contributed by atoms with van der Waals surface area (Å²) in [6.07, 6.45) is 0.336. The van der Waals surface area contributed by atoms with Gasteiger partial charge in [0.05, 0.1) is 6.10 Å². The standard InChI is InChI=1S/C16H16ClNO/c17-12-7-5-10(6-8-12)15(18)14-9-11-3-1-2-4-13(11)16(14)19/h1-8,14-16,19H,9,18H2. The SMILES string of the molecule is NC(c1ccc(Cl)cc1)C1Cc2ccccc2C1O. The molecule has 0 fully saturated rings. The molecule has 0 spiro atoms. The zero-order valence-corrected chi connectivity index (χ0v) is 11.2. The smallest absolute Gasteiger partial charge is 0.0842 e. The second-order valence-electron chi connectivity index (χ2n) is 5.09. The third kappa shape index (κ3) is 2.27. The van der Waals surface area contributed by atoms with Crippen LogP contribution in [0.15, 0.2) is 48.5 Å². The lowest BCUT2D eigenvalue weighted by atomic mass is 9.90. The van der Waals surface area contributed by atoms with Gasteiger partial charge in [0.1, 0.15) is 0 Å². The van der Waals surface area contributed by atoms with Crippen molar-refractivity contribution in [2.24, 2.45) is 11.7 Å². The Bertz CT molecular complexity index is 582. The van der Waals surface area contributed by atoms with E-state index in [-0.39, 0.29) is 12.0 Å². The summed E-state index contributed by atoms with van der Waals surface area (Å²) < 4.78 is 0. The molecule has 2 aromatic carbocycles. The van der Waals surface area contributed by atoms with Crippen molar-refractivity contribution in [3.8, 4) is 0 Å². The summed E-state index contributed by atoms with van der Waals surface area (Å²) in [5.41, 5.74) is 9.54. The Morgan fingerprint density at radius 2 is 1.79 bits per heavy atom. The number of hydrogen-bond acceptors (Lipinski definition) is 2. The summed E-state index contributed by atoms with van der Waals surface area (Å²) in [4.78, 5) is 0. The van der Waals surface area contributed by atoms with E-state index in [0.29, 0.717) is 5.02 Å². The van der Waals surface area contributed by atoms with Crippen molar-refractivity contribution in [3.63, 3.8) is 0 Å². The van der Waals surface area contributed by atoms with Gasteiger partial charge in [-0.05, 0) is 35.2 Å². The summed E-state index contributed by atoms with van der Waals surface area (Å²) in [5.74, 6) is 0.0265. The molecule has 19 heavy (non-hydrogen) atoms. The molecule has 0 heterocycles. The Hall–Kier alpha value is -1.35. The Morgan fingerprint density at radius 3 is 2.47 bits per heavy atom. The van der Waals surface area contributed by atoms with Gasteiger partial charge in [0.25, 0.3) is 0 Å². The highest BCUT2D eigenvalue weighted by molar-refractivity contribution is 6.30. The number of aliphatic hydroxyl groups is 1. The second-order valence-corrected chi connectivity index (χ2v) is 5.53. The molecule has 2 nitrogen and oxygen atoms in total. The fourth-order valence-corrected chi connectivity index (χ4v) is 2.99. The number of fused-ring (bicyclic) bond motifs is 1. The molecule has 98 valence electrons. The third-order valence-electron chi connectivity index (χ3n) is 3.95. The predicted molar refractivity (Wildman–Crippen MR) is 77.0 cm³/mol. The van der Waals surface area contributed by atoms with Gasteiger partial charge in [-0.1, -0.05) is 48.0 Å². The molecule has 0 bridgehead atoms. The van der Waals surface area contributed by atoms with Crippen molar-refractivity contribution < 1.29 is 5.11 Å². The molecule has 0 amide bonds. The van der Waals surface area contributed by atoms with Crippen molar-refractivity contribution in [1.29, 1.82) is 0 Å². The third-order valence-corrected chi connectivity index (χ3v) is 4.20. The highest BCUT2D eigenvalue weighted by Crippen LogP contribution is 2.41. The second kappa shape index (κ2) is 4.97. The normalized spacial score (nSPS) is 23.1. The van der Waals surface area contributed by atoms with E-state index in [4.69, 9.17) is 17.3 Å². The van der Waals surface area contributed by atoms with Crippen LogP contribution in [-0.2, 0) is 6.42 Å². The van der Waals surface area contributed by atoms with Crippen LogP contribution in [0.5, 0.6) is 0 Å². The van der Waals surface area contributed by atoms with Gasteiger partial charge >= 0.3 is 0 Å². The van der Waals surface area contributed by atoms with Crippen LogP contribution in [0.25, 0.3) is 0 Å². The Balaban J connectivity index is 1.87. The van der Waals surface area contributed by atoms with E-state index >= 15 is 0 Å². The summed E-state index contributed by atoms with van der Waals surface area (Å²) in [6, 6.07) is 15.4. The zero-order chi connectivity index (χ0) is 13.4. The van der Waals surface area contributed by atoms with Crippen LogP contribution < -0.4 is 5.73 Å². The lowest BCUT2D eigenvalue weighted by Crippen LogP contribution is -2.24. The molecular formula is C16H16ClNO. The van der Waals surface area contributed by atoms with E-state index in [1.54, 1.807) is 0 Å². The van der Waals surface area contributed by atoms with Crippen LogP contribution in [0.4, 0.5) is 0 Å². The molecule has 3 N–H and O–H groups in total. The maximum atomic E-state index is 10.4. The fraction of sp³-hybridized carbons (Fsp3) is 0.250. The number of hydrogen-bond donors (Lipinski definition) is 2. The van der Waals surface area contributed by atoms with E-state index in [9.17, 15) is 5.11 Å². The molecule has 0 aliphatic heterocycles. The molecule has 3 rings (SSSR count). The number of aliphatic hydroxyl groups excluding tert-OH is 1. The largest absolute Gasteiger partial charge is 0.388 e. The molecule has 0 aromatic heterocycles. The average molecular weight is 274 g/mol. The fourth-order valence-electron chi connectivity index (χ4n) is 2.86. The van der Waals surface area contributed by atoms with Crippen LogP contribution in [0, 0.1) is 5.92 Å². The first kappa shape index (κ1) is 12.7. The topological polar surface area (TPSA) is 46.2 Å². The molecule has 2 aromatic rings. The Labute approximate surface area is 117 Å². The molecule has 1 aliphatic rings. The van der Waals surface area contributed by atoms with Crippen LogP contribution in [-0.4, -0.2) is 5.11 Å². The van der Waals surface area contributed by atoms with Crippen molar-refractivity contribution >= 4 is 11.6 Å². The molecule has 3 atom stereocenters. The summed E-state index contributed by atoms with van der Waals surface area (Å²) >= 11 is 5.89. The quantitative estimate of drug-likeness (QED) is 0.882. The monoisotopic (exact) mass is 273 g/mol. The highest BCUT2D eigenvalue weighted by Gasteiger charge is 2.35. The summed E-state index contributed by atoms with van der Waals surface area (Å²) in [6.45, 7) is 0. The van der Waals surface area contributed by atoms with E-state index in [1.165, 1.54) is 5.56 Å². The van der Waals surface area contributed by atoms with Gasteiger partial charge in [-0.15, -0.1) is 0 Å². The first-order valence-electron chi connectivity index (χ1n) is 6.44. The van der Waals surface area contributed by atoms with Gasteiger partial charge in [-0.25, -0.2) is 0 Å². The molecule has 3 heteroatoms. The van der Waals surface area contributed by atoms with Crippen molar-refractivity contribution in [2.45, 2.75) is 18.6 Å². The molecule has 0 saturated heterocycles. The van der Waals surface area contributed by atoms with Crippen LogP contribution in [0.1, 0.15) is 28.8 Å². The van der Waals surface area contributed by atoms with Crippen molar-refractivity contribution in [3.05, 3.63) is 70.2 Å². The Morgan fingerprint density at radius 1 is 1.11 bits per heavy atom. The number of halogens is 1. The number of rotatable bonds is 2. The molecule has 1 aliphatic carbocycles. The van der Waals surface area contributed by atoms with Crippen LogP contribution in [0.2, 0.25) is 5.02 Å². The van der Waals surface area contributed by atoms with Crippen molar-refractivity contribution in [1.82, 2.24) is 0 Å². The highest BCUT2D eigenvalue weighted by atomic mass is 35.5.